The zero-order chi connectivity index (χ0) is 18.6. The van der Waals surface area contributed by atoms with Crippen LogP contribution in [0.5, 0.6) is 0 Å². The topological polar surface area (TPSA) is 81.2 Å². The lowest BCUT2D eigenvalue weighted by Crippen LogP contribution is -2.31. The zero-order valence-electron chi connectivity index (χ0n) is 15.7. The van der Waals surface area contributed by atoms with Crippen molar-refractivity contribution in [2.45, 2.75) is 83.5 Å². The van der Waals surface area contributed by atoms with E-state index in [1.54, 1.807) is 10.8 Å². The Morgan fingerprint density at radius 3 is 2.60 bits per heavy atom. The van der Waals surface area contributed by atoms with E-state index < -0.39 is 13.6 Å². The van der Waals surface area contributed by atoms with E-state index in [4.69, 9.17) is 4.52 Å². The average molecular weight is 369 g/mol. The van der Waals surface area contributed by atoms with E-state index in [1.165, 1.54) is 6.07 Å². The fourth-order valence-corrected chi connectivity index (χ4v) is 5.15. The summed E-state index contributed by atoms with van der Waals surface area (Å²) in [4.78, 5) is 25.5. The molecule has 0 aromatic carbocycles. The van der Waals surface area contributed by atoms with Crippen LogP contribution in [0.1, 0.15) is 72.3 Å². The number of nitrogens with one attached hydrogen (secondary N) is 1. The number of aromatic amines is 1. The molecule has 0 radical (unpaired) electrons. The SMILES string of the molecule is CCC(CC)[P+](=O)OC(C)(C)C[C@@H]1CC[C@@H](n2ccc(=O)[nH]c2=O)C1. The molecule has 1 aromatic heterocycles. The van der Waals surface area contributed by atoms with E-state index in [9.17, 15) is 14.2 Å². The van der Waals surface area contributed by atoms with E-state index in [0.717, 1.165) is 38.5 Å². The van der Waals surface area contributed by atoms with Crippen LogP contribution in [0.2, 0.25) is 0 Å². The molecular formula is C18H30N2O4P+. The number of H-pyrrole nitrogens is 1. The van der Waals surface area contributed by atoms with Crippen molar-refractivity contribution in [3.05, 3.63) is 33.1 Å². The standard InChI is InChI=1S/C18H29N2O4P/c1-5-15(6-2)25(23)24-18(3,4)12-13-7-8-14(11-13)20-10-9-16(21)19-17(20)22/h9-10,13-15H,5-8,11-12H2,1-4H3/p+1/t13-,14-/m1/s1. The van der Waals surface area contributed by atoms with Gasteiger partial charge in [-0.1, -0.05) is 13.8 Å². The summed E-state index contributed by atoms with van der Waals surface area (Å²) < 4.78 is 19.9. The number of hydrogen-bond donors (Lipinski definition) is 1. The van der Waals surface area contributed by atoms with Gasteiger partial charge in [0.1, 0.15) is 5.60 Å². The normalized spacial score (nSPS) is 21.7. The zero-order valence-corrected chi connectivity index (χ0v) is 16.6. The van der Waals surface area contributed by atoms with Gasteiger partial charge in [0.15, 0.2) is 5.66 Å². The van der Waals surface area contributed by atoms with Gasteiger partial charge in [-0.15, -0.1) is 4.52 Å². The molecule has 1 fully saturated rings. The summed E-state index contributed by atoms with van der Waals surface area (Å²) >= 11 is 0. The average Bonchev–Trinajstić information content (AvgIpc) is 2.95. The smallest absolute Gasteiger partial charge is 0.298 e. The predicted molar refractivity (Wildman–Crippen MR) is 99.5 cm³/mol. The van der Waals surface area contributed by atoms with Gasteiger partial charge in [-0.05, 0) is 62.9 Å². The molecule has 1 aliphatic rings. The molecule has 1 saturated carbocycles. The second-order valence-electron chi connectivity index (χ2n) is 7.66. The summed E-state index contributed by atoms with van der Waals surface area (Å²) in [5.74, 6) is 0.420. The van der Waals surface area contributed by atoms with Crippen LogP contribution in [0.3, 0.4) is 0 Å². The van der Waals surface area contributed by atoms with Crippen molar-refractivity contribution >= 4 is 8.03 Å². The molecule has 1 heterocycles. The molecule has 2 rings (SSSR count). The monoisotopic (exact) mass is 369 g/mol. The van der Waals surface area contributed by atoms with Crippen molar-refractivity contribution in [1.29, 1.82) is 0 Å². The lowest BCUT2D eigenvalue weighted by atomic mass is 9.92. The van der Waals surface area contributed by atoms with Gasteiger partial charge in [-0.25, -0.2) is 4.79 Å². The molecule has 6 nitrogen and oxygen atoms in total. The first-order valence-corrected chi connectivity index (χ1v) is 10.5. The highest BCUT2D eigenvalue weighted by Crippen LogP contribution is 2.44. The van der Waals surface area contributed by atoms with Crippen LogP contribution in [0.4, 0.5) is 0 Å². The molecule has 0 amide bonds. The van der Waals surface area contributed by atoms with E-state index in [-0.39, 0.29) is 22.9 Å². The van der Waals surface area contributed by atoms with Gasteiger partial charge in [0.25, 0.3) is 5.56 Å². The third kappa shape index (κ3) is 5.35. The Balaban J connectivity index is 1.96. The third-order valence-electron chi connectivity index (χ3n) is 5.12. The molecule has 1 N–H and O–H groups in total. The summed E-state index contributed by atoms with van der Waals surface area (Å²) in [6, 6.07) is 1.50. The Kier molecular flexibility index (Phi) is 6.75. The number of hydrogen-bond acceptors (Lipinski definition) is 4. The molecule has 0 saturated heterocycles. The van der Waals surface area contributed by atoms with Gasteiger partial charge in [0.05, 0.1) is 0 Å². The minimum Gasteiger partial charge on any atom is -0.298 e. The van der Waals surface area contributed by atoms with Crippen molar-refractivity contribution in [2.24, 2.45) is 5.92 Å². The van der Waals surface area contributed by atoms with Gasteiger partial charge in [0, 0.05) is 18.3 Å². The fraction of sp³-hybridized carbons (Fsp3) is 0.778. The molecule has 0 bridgehead atoms. The van der Waals surface area contributed by atoms with Crippen LogP contribution >= 0.6 is 8.03 Å². The maximum Gasteiger partial charge on any atom is 0.511 e. The Morgan fingerprint density at radius 1 is 1.32 bits per heavy atom. The van der Waals surface area contributed by atoms with E-state index >= 15 is 0 Å². The number of rotatable bonds is 8. The van der Waals surface area contributed by atoms with E-state index in [0.29, 0.717) is 5.92 Å². The van der Waals surface area contributed by atoms with Crippen molar-refractivity contribution < 1.29 is 9.09 Å². The molecule has 3 atom stereocenters. The van der Waals surface area contributed by atoms with Gasteiger partial charge < -0.3 is 0 Å². The van der Waals surface area contributed by atoms with Gasteiger partial charge in [-0.2, -0.15) is 0 Å². The summed E-state index contributed by atoms with van der Waals surface area (Å²) in [6.45, 7) is 8.09. The molecule has 7 heteroatoms. The van der Waals surface area contributed by atoms with Crippen molar-refractivity contribution in [1.82, 2.24) is 9.55 Å². The predicted octanol–water partition coefficient (Wildman–Crippen LogP) is 3.99. The first-order chi connectivity index (χ1) is 11.8. The first kappa shape index (κ1) is 20.1. The van der Waals surface area contributed by atoms with E-state index in [2.05, 4.69) is 4.98 Å². The number of nitrogens with zero attached hydrogens (tertiary/aromatic N) is 1. The molecule has 0 spiro atoms. The minimum atomic E-state index is -1.66. The Hall–Kier alpha value is -1.26. The van der Waals surface area contributed by atoms with Crippen LogP contribution in [-0.2, 0) is 9.09 Å². The molecule has 25 heavy (non-hydrogen) atoms. The molecule has 140 valence electrons. The largest absolute Gasteiger partial charge is 0.511 e. The van der Waals surface area contributed by atoms with Crippen molar-refractivity contribution in [3.8, 4) is 0 Å². The van der Waals surface area contributed by atoms with Crippen molar-refractivity contribution in [3.63, 3.8) is 0 Å². The minimum absolute atomic E-state index is 0.109. The van der Waals surface area contributed by atoms with Crippen LogP contribution in [0.25, 0.3) is 0 Å². The van der Waals surface area contributed by atoms with Gasteiger partial charge in [-0.3, -0.25) is 14.3 Å². The highest BCUT2D eigenvalue weighted by Gasteiger charge is 2.40. The Morgan fingerprint density at radius 2 is 2.00 bits per heavy atom. The third-order valence-corrected chi connectivity index (χ3v) is 7.12. The fourth-order valence-electron chi connectivity index (χ4n) is 3.84. The van der Waals surface area contributed by atoms with Gasteiger partial charge in [0.2, 0.25) is 0 Å². The quantitative estimate of drug-likeness (QED) is 0.703. The lowest BCUT2D eigenvalue weighted by Gasteiger charge is -2.23. The second-order valence-corrected chi connectivity index (χ2v) is 9.14. The van der Waals surface area contributed by atoms with Crippen LogP contribution in [0, 0.1) is 5.92 Å². The van der Waals surface area contributed by atoms with Crippen LogP contribution in [0.15, 0.2) is 21.9 Å². The van der Waals surface area contributed by atoms with E-state index in [1.807, 2.05) is 27.7 Å². The Bertz CT molecular complexity index is 706. The summed E-state index contributed by atoms with van der Waals surface area (Å²) in [7, 11) is -1.66. The first-order valence-electron chi connectivity index (χ1n) is 9.22. The van der Waals surface area contributed by atoms with Crippen LogP contribution in [-0.4, -0.2) is 20.8 Å². The molecule has 1 aromatic rings. The van der Waals surface area contributed by atoms with Crippen molar-refractivity contribution in [2.75, 3.05) is 0 Å². The summed E-state index contributed by atoms with van der Waals surface area (Å²) in [5, 5.41) is 0. The van der Waals surface area contributed by atoms with Crippen LogP contribution < -0.4 is 11.2 Å². The highest BCUT2D eigenvalue weighted by molar-refractivity contribution is 7.40. The highest BCUT2D eigenvalue weighted by atomic mass is 31.1. The number of aromatic nitrogens is 2. The molecule has 0 aliphatic heterocycles. The molecule has 1 unspecified atom stereocenters. The summed E-state index contributed by atoms with van der Waals surface area (Å²) in [6.07, 6.45) is 6.92. The second kappa shape index (κ2) is 8.41. The maximum absolute atomic E-state index is 12.4. The maximum atomic E-state index is 12.4. The lowest BCUT2D eigenvalue weighted by molar-refractivity contribution is 0.0875. The molecule has 1 aliphatic carbocycles. The van der Waals surface area contributed by atoms with Gasteiger partial charge >= 0.3 is 13.7 Å². The summed E-state index contributed by atoms with van der Waals surface area (Å²) in [5.41, 5.74) is -1.03. The Labute approximate surface area is 149 Å². The molecular weight excluding hydrogens is 339 g/mol.